The maximum atomic E-state index is 10.1. The fraction of sp³-hybridized carbons (Fsp3) is 0.100. The quantitative estimate of drug-likeness (QED) is 0.600. The number of benzene rings is 1. The van der Waals surface area contributed by atoms with E-state index in [2.05, 4.69) is 15.9 Å². The molecule has 0 saturated heterocycles. The highest BCUT2D eigenvalue weighted by molar-refractivity contribution is 9.10. The molecule has 2 nitrogen and oxygen atoms in total. The zero-order valence-electron chi connectivity index (χ0n) is 7.16. The molecule has 0 atom stereocenters. The molecule has 68 valence electrons. The van der Waals surface area contributed by atoms with E-state index in [-0.39, 0.29) is 0 Å². The van der Waals surface area contributed by atoms with Crippen molar-refractivity contribution in [2.75, 3.05) is 7.11 Å². The normalized spacial score (nSPS) is 10.3. The van der Waals surface area contributed by atoms with Gasteiger partial charge in [0.25, 0.3) is 0 Å². The summed E-state index contributed by atoms with van der Waals surface area (Å²) in [5.41, 5.74) is 0.879. The molecule has 0 unspecified atom stereocenters. The van der Waals surface area contributed by atoms with Crippen molar-refractivity contribution in [3.63, 3.8) is 0 Å². The maximum Gasteiger partial charge on any atom is 0.142 e. The van der Waals surface area contributed by atoms with Gasteiger partial charge in [-0.3, -0.25) is 4.79 Å². The van der Waals surface area contributed by atoms with E-state index in [1.165, 1.54) is 6.08 Å². The maximum absolute atomic E-state index is 10.1. The molecule has 0 N–H and O–H groups in total. The molecule has 0 aliphatic rings. The van der Waals surface area contributed by atoms with Crippen LogP contribution in [0.1, 0.15) is 5.56 Å². The lowest BCUT2D eigenvalue weighted by molar-refractivity contribution is -0.104. The number of hydrogen-bond acceptors (Lipinski definition) is 2. The van der Waals surface area contributed by atoms with E-state index in [4.69, 9.17) is 4.74 Å². The first kappa shape index (κ1) is 9.99. The van der Waals surface area contributed by atoms with Crippen LogP contribution in [-0.2, 0) is 4.79 Å². The van der Waals surface area contributed by atoms with Gasteiger partial charge in [-0.15, -0.1) is 0 Å². The SMILES string of the molecule is COc1ccc(Br)cc1/C=C/C=O. The lowest BCUT2D eigenvalue weighted by Gasteiger charge is -2.03. The largest absolute Gasteiger partial charge is 0.496 e. The van der Waals surface area contributed by atoms with Crippen molar-refractivity contribution in [2.24, 2.45) is 0 Å². The van der Waals surface area contributed by atoms with Gasteiger partial charge < -0.3 is 4.74 Å². The van der Waals surface area contributed by atoms with Crippen LogP contribution in [0.4, 0.5) is 0 Å². The standard InChI is InChI=1S/C10H9BrO2/c1-13-10-5-4-9(11)7-8(10)3-2-6-12/h2-7H,1H3/b3-2+. The van der Waals surface area contributed by atoms with E-state index in [1.807, 2.05) is 18.2 Å². The number of halogens is 1. The second kappa shape index (κ2) is 4.82. The van der Waals surface area contributed by atoms with Gasteiger partial charge in [-0.2, -0.15) is 0 Å². The van der Waals surface area contributed by atoms with Gasteiger partial charge in [-0.05, 0) is 30.4 Å². The molecule has 3 heteroatoms. The smallest absolute Gasteiger partial charge is 0.142 e. The molecule has 0 radical (unpaired) electrons. The van der Waals surface area contributed by atoms with E-state index in [0.717, 1.165) is 22.1 Å². The topological polar surface area (TPSA) is 26.3 Å². The molecule has 0 aliphatic carbocycles. The van der Waals surface area contributed by atoms with Gasteiger partial charge in [0.1, 0.15) is 12.0 Å². The van der Waals surface area contributed by atoms with Gasteiger partial charge in [0, 0.05) is 10.0 Å². The lowest BCUT2D eigenvalue weighted by Crippen LogP contribution is -1.86. The lowest BCUT2D eigenvalue weighted by atomic mass is 10.2. The Morgan fingerprint density at radius 3 is 2.85 bits per heavy atom. The number of carbonyl (C=O) groups is 1. The summed E-state index contributed by atoms with van der Waals surface area (Å²) in [4.78, 5) is 10.1. The van der Waals surface area contributed by atoms with Crippen molar-refractivity contribution in [1.29, 1.82) is 0 Å². The molecule has 1 aromatic rings. The molecule has 1 rings (SSSR count). The van der Waals surface area contributed by atoms with Crippen LogP contribution in [0.2, 0.25) is 0 Å². The summed E-state index contributed by atoms with van der Waals surface area (Å²) in [7, 11) is 1.60. The Kier molecular flexibility index (Phi) is 3.71. The van der Waals surface area contributed by atoms with Crippen LogP contribution < -0.4 is 4.74 Å². The van der Waals surface area contributed by atoms with Crippen LogP contribution in [0, 0.1) is 0 Å². The molecule has 0 aliphatic heterocycles. The van der Waals surface area contributed by atoms with Crippen molar-refractivity contribution in [3.8, 4) is 5.75 Å². The van der Waals surface area contributed by atoms with E-state index >= 15 is 0 Å². The van der Waals surface area contributed by atoms with Gasteiger partial charge in [-0.25, -0.2) is 0 Å². The molecule has 0 saturated carbocycles. The van der Waals surface area contributed by atoms with E-state index < -0.39 is 0 Å². The fourth-order valence-electron chi connectivity index (χ4n) is 0.978. The molecule has 0 fully saturated rings. The van der Waals surface area contributed by atoms with E-state index in [0.29, 0.717) is 0 Å². The summed E-state index contributed by atoms with van der Waals surface area (Å²) in [5, 5.41) is 0. The second-order valence-electron chi connectivity index (χ2n) is 2.38. The van der Waals surface area contributed by atoms with Crippen molar-refractivity contribution < 1.29 is 9.53 Å². The Morgan fingerprint density at radius 2 is 2.23 bits per heavy atom. The monoisotopic (exact) mass is 240 g/mol. The van der Waals surface area contributed by atoms with Gasteiger partial charge in [0.15, 0.2) is 0 Å². The number of allylic oxidation sites excluding steroid dienone is 1. The Balaban J connectivity index is 3.07. The minimum atomic E-state index is 0.736. The molecule has 13 heavy (non-hydrogen) atoms. The summed E-state index contributed by atoms with van der Waals surface area (Å²) in [6.07, 6.45) is 3.88. The molecule has 0 bridgehead atoms. The number of rotatable bonds is 3. The Hall–Kier alpha value is -1.09. The average Bonchev–Trinajstić information content (AvgIpc) is 2.15. The summed E-state index contributed by atoms with van der Waals surface area (Å²) >= 11 is 3.34. The van der Waals surface area contributed by atoms with Crippen molar-refractivity contribution in [2.45, 2.75) is 0 Å². The summed E-state index contributed by atoms with van der Waals surface area (Å²) < 4.78 is 6.07. The van der Waals surface area contributed by atoms with Gasteiger partial charge >= 0.3 is 0 Å². The number of carbonyl (C=O) groups excluding carboxylic acids is 1. The highest BCUT2D eigenvalue weighted by Crippen LogP contribution is 2.23. The molecule has 0 spiro atoms. The third-order valence-corrected chi connectivity index (χ3v) is 2.04. The van der Waals surface area contributed by atoms with Gasteiger partial charge in [0.05, 0.1) is 7.11 Å². The van der Waals surface area contributed by atoms with Crippen LogP contribution >= 0.6 is 15.9 Å². The molecular weight excluding hydrogens is 232 g/mol. The Labute approximate surface area is 85.3 Å². The van der Waals surface area contributed by atoms with Gasteiger partial charge in [-0.1, -0.05) is 15.9 Å². The second-order valence-corrected chi connectivity index (χ2v) is 3.30. The van der Waals surface area contributed by atoms with Crippen LogP contribution in [0.5, 0.6) is 5.75 Å². The third-order valence-electron chi connectivity index (χ3n) is 1.55. The number of ether oxygens (including phenoxy) is 1. The van der Waals surface area contributed by atoms with Crippen LogP contribution in [0.3, 0.4) is 0 Å². The van der Waals surface area contributed by atoms with E-state index in [9.17, 15) is 4.79 Å². The summed E-state index contributed by atoms with van der Waals surface area (Å²) in [6.45, 7) is 0. The number of hydrogen-bond donors (Lipinski definition) is 0. The Bertz CT molecular complexity index is 332. The van der Waals surface area contributed by atoms with Crippen LogP contribution in [-0.4, -0.2) is 13.4 Å². The first-order valence-corrected chi connectivity index (χ1v) is 4.52. The molecular formula is C10H9BrO2. The summed E-state index contributed by atoms with van der Waals surface area (Å²) in [6, 6.07) is 5.62. The van der Waals surface area contributed by atoms with Crippen molar-refractivity contribution in [3.05, 3.63) is 34.3 Å². The fourth-order valence-corrected chi connectivity index (χ4v) is 1.36. The predicted molar refractivity (Wildman–Crippen MR) is 55.8 cm³/mol. The molecule has 1 aromatic carbocycles. The van der Waals surface area contributed by atoms with E-state index in [1.54, 1.807) is 13.2 Å². The highest BCUT2D eigenvalue weighted by Gasteiger charge is 1.98. The first-order chi connectivity index (χ1) is 6.27. The minimum Gasteiger partial charge on any atom is -0.496 e. The zero-order valence-corrected chi connectivity index (χ0v) is 8.74. The highest BCUT2D eigenvalue weighted by atomic mass is 79.9. The zero-order chi connectivity index (χ0) is 9.68. The summed E-state index contributed by atoms with van der Waals surface area (Å²) in [5.74, 6) is 0.751. The molecule has 0 heterocycles. The Morgan fingerprint density at radius 1 is 1.46 bits per heavy atom. The average molecular weight is 241 g/mol. The molecule has 0 aromatic heterocycles. The molecule has 0 amide bonds. The number of aldehydes is 1. The van der Waals surface area contributed by atoms with Gasteiger partial charge in [0.2, 0.25) is 0 Å². The van der Waals surface area contributed by atoms with Crippen molar-refractivity contribution in [1.82, 2.24) is 0 Å². The first-order valence-electron chi connectivity index (χ1n) is 3.73. The minimum absolute atomic E-state index is 0.736. The number of methoxy groups -OCH3 is 1. The van der Waals surface area contributed by atoms with Crippen LogP contribution in [0.25, 0.3) is 6.08 Å². The third kappa shape index (κ3) is 2.70. The van der Waals surface area contributed by atoms with Crippen molar-refractivity contribution >= 4 is 28.3 Å². The predicted octanol–water partition coefficient (Wildman–Crippen LogP) is 2.67. The van der Waals surface area contributed by atoms with Crippen LogP contribution in [0.15, 0.2) is 28.7 Å².